The zero-order chi connectivity index (χ0) is 12.7. The quantitative estimate of drug-likeness (QED) is 0.428. The molecule has 0 spiro atoms. The van der Waals surface area contributed by atoms with Crippen molar-refractivity contribution in [3.05, 3.63) is 12.7 Å². The van der Waals surface area contributed by atoms with E-state index in [1.165, 1.54) is 24.4 Å². The summed E-state index contributed by atoms with van der Waals surface area (Å²) in [6.07, 6.45) is 2.54. The summed E-state index contributed by atoms with van der Waals surface area (Å²) in [5.41, 5.74) is -0.0500. The second kappa shape index (κ2) is 6.22. The third kappa shape index (κ3) is 3.57. The molecule has 8 heteroatoms. The van der Waals surface area contributed by atoms with Crippen molar-refractivity contribution >= 4 is 11.5 Å². The molecule has 0 fully saturated rings. The van der Waals surface area contributed by atoms with Gasteiger partial charge in [-0.3, -0.25) is 0 Å². The van der Waals surface area contributed by atoms with E-state index in [1.54, 1.807) is 13.8 Å². The fourth-order valence-corrected chi connectivity index (χ4v) is 0.867. The Balaban J connectivity index is 3.02. The number of aromatic nitrogens is 3. The minimum Gasteiger partial charge on any atom is -0.397 e. The molecule has 8 nitrogen and oxygen atoms in total. The normalized spacial score (nSPS) is 12.4. The maximum atomic E-state index is 8.98. The lowest BCUT2D eigenvalue weighted by Crippen LogP contribution is -2.23. The predicted octanol–water partition coefficient (Wildman–Crippen LogP) is 0.391. The van der Waals surface area contributed by atoms with Crippen LogP contribution in [0.15, 0.2) is 23.0 Å². The summed E-state index contributed by atoms with van der Waals surface area (Å²) in [6.45, 7) is 3.59. The van der Waals surface area contributed by atoms with Crippen LogP contribution in [0.4, 0.5) is 0 Å². The molecule has 0 atom stereocenters. The van der Waals surface area contributed by atoms with Gasteiger partial charge in [-0.05, 0) is 13.8 Å². The van der Waals surface area contributed by atoms with Crippen molar-refractivity contribution in [2.45, 2.75) is 20.0 Å². The third-order valence-corrected chi connectivity index (χ3v) is 1.49. The van der Waals surface area contributed by atoms with Gasteiger partial charge >= 0.3 is 0 Å². The molecule has 1 aromatic heterocycles. The molecule has 0 saturated carbocycles. The Morgan fingerprint density at radius 3 is 2.71 bits per heavy atom. The Kier molecular flexibility index (Phi) is 4.62. The summed E-state index contributed by atoms with van der Waals surface area (Å²) in [5, 5.41) is 20.1. The van der Waals surface area contributed by atoms with Crippen LogP contribution in [-0.2, 0) is 9.68 Å². The number of rotatable bonds is 4. The van der Waals surface area contributed by atoms with Crippen molar-refractivity contribution in [1.29, 1.82) is 5.26 Å². The van der Waals surface area contributed by atoms with E-state index in [2.05, 4.69) is 25.2 Å². The Hall–Kier alpha value is -2.43. The van der Waals surface area contributed by atoms with E-state index >= 15 is 0 Å². The van der Waals surface area contributed by atoms with Crippen molar-refractivity contribution in [3.63, 3.8) is 0 Å². The Labute approximate surface area is 98.1 Å². The van der Waals surface area contributed by atoms with Gasteiger partial charge in [0.15, 0.2) is 0 Å². The van der Waals surface area contributed by atoms with Crippen molar-refractivity contribution in [1.82, 2.24) is 14.8 Å². The van der Waals surface area contributed by atoms with E-state index in [-0.39, 0.29) is 17.7 Å². The molecule has 0 amide bonds. The molecule has 1 heterocycles. The lowest BCUT2D eigenvalue weighted by atomic mass is 10.4. The van der Waals surface area contributed by atoms with Crippen LogP contribution in [0.3, 0.4) is 0 Å². The molecule has 0 bridgehead atoms. The number of oxime groups is 2. The molecule has 17 heavy (non-hydrogen) atoms. The molecule has 0 aromatic carbocycles. The highest BCUT2D eigenvalue weighted by Gasteiger charge is 2.14. The number of nitrogens with zero attached hydrogens (tertiary/aromatic N) is 6. The largest absolute Gasteiger partial charge is 0.397 e. The molecular formula is C9H12N6O2. The molecule has 0 aliphatic rings. The topological polar surface area (TPSA) is 97.7 Å². The van der Waals surface area contributed by atoms with E-state index in [9.17, 15) is 0 Å². The van der Waals surface area contributed by atoms with Gasteiger partial charge in [0.25, 0.3) is 0 Å². The molecule has 0 aliphatic heterocycles. The zero-order valence-corrected chi connectivity index (χ0v) is 9.73. The Morgan fingerprint density at radius 1 is 1.47 bits per heavy atom. The lowest BCUT2D eigenvalue weighted by molar-refractivity contribution is 0.0867. The van der Waals surface area contributed by atoms with E-state index in [0.717, 1.165) is 0 Å². The van der Waals surface area contributed by atoms with E-state index in [4.69, 9.17) is 10.1 Å². The fraction of sp³-hybridized carbons (Fsp3) is 0.444. The summed E-state index contributed by atoms with van der Waals surface area (Å²) in [5.74, 6) is 0.105. The van der Waals surface area contributed by atoms with Crippen molar-refractivity contribution in [2.75, 3.05) is 7.11 Å². The third-order valence-electron chi connectivity index (χ3n) is 1.49. The minimum atomic E-state index is -0.141. The number of hydrogen-bond acceptors (Lipinski definition) is 7. The molecule has 0 radical (unpaired) electrons. The average Bonchev–Trinajstić information content (AvgIpc) is 2.81. The SMILES string of the molecule is CO/N=C(\C(C#N)=N\OC(C)C)n1cncn1. The lowest BCUT2D eigenvalue weighted by Gasteiger charge is -2.04. The molecule has 0 N–H and O–H groups in total. The highest BCUT2D eigenvalue weighted by Crippen LogP contribution is 1.94. The molecular weight excluding hydrogens is 224 g/mol. The molecule has 0 unspecified atom stereocenters. The average molecular weight is 236 g/mol. The zero-order valence-electron chi connectivity index (χ0n) is 9.73. The van der Waals surface area contributed by atoms with E-state index in [0.29, 0.717) is 0 Å². The first kappa shape index (κ1) is 12.6. The summed E-state index contributed by atoms with van der Waals surface area (Å²) in [7, 11) is 1.36. The smallest absolute Gasteiger partial charge is 0.234 e. The fourth-order valence-electron chi connectivity index (χ4n) is 0.867. The highest BCUT2D eigenvalue weighted by atomic mass is 16.6. The van der Waals surface area contributed by atoms with Crippen LogP contribution < -0.4 is 0 Å². The molecule has 1 aromatic rings. The van der Waals surface area contributed by atoms with Crippen molar-refractivity contribution < 1.29 is 9.68 Å². The molecule has 1 rings (SSSR count). The van der Waals surface area contributed by atoms with Crippen LogP contribution in [0.5, 0.6) is 0 Å². The van der Waals surface area contributed by atoms with Gasteiger partial charge in [-0.1, -0.05) is 10.3 Å². The summed E-state index contributed by atoms with van der Waals surface area (Å²) < 4.78 is 1.26. The van der Waals surface area contributed by atoms with Gasteiger partial charge in [0, 0.05) is 0 Å². The first-order valence-electron chi connectivity index (χ1n) is 4.79. The molecule has 0 saturated heterocycles. The Morgan fingerprint density at radius 2 is 2.24 bits per heavy atom. The second-order valence-corrected chi connectivity index (χ2v) is 3.14. The first-order valence-corrected chi connectivity index (χ1v) is 4.79. The van der Waals surface area contributed by atoms with E-state index in [1.807, 2.05) is 6.07 Å². The predicted molar refractivity (Wildman–Crippen MR) is 59.1 cm³/mol. The van der Waals surface area contributed by atoms with Gasteiger partial charge in [0.2, 0.25) is 11.5 Å². The number of hydrogen-bond donors (Lipinski definition) is 0. The van der Waals surface area contributed by atoms with Gasteiger partial charge in [0.05, 0.1) is 0 Å². The van der Waals surface area contributed by atoms with Crippen molar-refractivity contribution in [2.24, 2.45) is 10.3 Å². The van der Waals surface area contributed by atoms with Crippen LogP contribution in [0.25, 0.3) is 0 Å². The first-order chi connectivity index (χ1) is 8.19. The van der Waals surface area contributed by atoms with Crippen LogP contribution in [-0.4, -0.2) is 39.5 Å². The van der Waals surface area contributed by atoms with Gasteiger partial charge < -0.3 is 9.68 Å². The Bertz CT molecular complexity index is 443. The second-order valence-electron chi connectivity index (χ2n) is 3.14. The molecule has 90 valence electrons. The van der Waals surface area contributed by atoms with Crippen LogP contribution in [0.2, 0.25) is 0 Å². The minimum absolute atomic E-state index is 0.0500. The van der Waals surface area contributed by atoms with Gasteiger partial charge in [-0.2, -0.15) is 15.0 Å². The van der Waals surface area contributed by atoms with Gasteiger partial charge in [-0.15, -0.1) is 0 Å². The summed E-state index contributed by atoms with van der Waals surface area (Å²) >= 11 is 0. The maximum Gasteiger partial charge on any atom is 0.234 e. The summed E-state index contributed by atoms with van der Waals surface area (Å²) in [4.78, 5) is 13.4. The van der Waals surface area contributed by atoms with E-state index < -0.39 is 0 Å². The summed E-state index contributed by atoms with van der Waals surface area (Å²) in [6, 6.07) is 1.86. The van der Waals surface area contributed by atoms with Crippen molar-refractivity contribution in [3.8, 4) is 6.07 Å². The monoisotopic (exact) mass is 236 g/mol. The number of nitriles is 1. The van der Waals surface area contributed by atoms with Crippen LogP contribution >= 0.6 is 0 Å². The van der Waals surface area contributed by atoms with Gasteiger partial charge in [0.1, 0.15) is 31.9 Å². The highest BCUT2D eigenvalue weighted by molar-refractivity contribution is 6.47. The standard InChI is InChI=1S/C9H12N6O2/c1-7(2)17-13-8(4-10)9(14-16-3)15-6-11-5-12-15/h5-7H,1-3H3/b13-8+,14-9+. The van der Waals surface area contributed by atoms with Gasteiger partial charge in [-0.25, -0.2) is 4.98 Å². The van der Waals surface area contributed by atoms with Crippen LogP contribution in [0.1, 0.15) is 13.8 Å². The molecule has 0 aliphatic carbocycles. The van der Waals surface area contributed by atoms with Crippen LogP contribution in [0, 0.1) is 11.3 Å². The maximum absolute atomic E-state index is 8.98.